The van der Waals surface area contributed by atoms with Gasteiger partial charge in [0, 0.05) is 4.47 Å². The Morgan fingerprint density at radius 2 is 1.82 bits per heavy atom. The fraction of sp³-hybridized carbons (Fsp3) is 0.538. The maximum atomic E-state index is 13.2. The zero-order valence-electron chi connectivity index (χ0n) is 11.1. The minimum atomic E-state index is -1.76. The molecule has 0 saturated carbocycles. The van der Waals surface area contributed by atoms with Gasteiger partial charge in [0.1, 0.15) is 5.82 Å². The lowest BCUT2D eigenvalue weighted by Gasteiger charge is -2.36. The zero-order valence-corrected chi connectivity index (χ0v) is 13.7. The molecule has 0 aromatic heterocycles. The fourth-order valence-electron chi connectivity index (χ4n) is 1.17. The lowest BCUT2D eigenvalue weighted by molar-refractivity contribution is 0.276. The first-order valence-electron chi connectivity index (χ1n) is 5.71. The molecule has 1 aromatic rings. The van der Waals surface area contributed by atoms with Gasteiger partial charge in [-0.2, -0.15) is 0 Å². The van der Waals surface area contributed by atoms with E-state index >= 15 is 0 Å². The van der Waals surface area contributed by atoms with Crippen molar-refractivity contribution < 1.29 is 8.82 Å². The van der Waals surface area contributed by atoms with E-state index in [1.807, 2.05) is 6.07 Å². The summed E-state index contributed by atoms with van der Waals surface area (Å²) in [4.78, 5) is 0. The molecule has 0 heterocycles. The molecule has 0 bridgehead atoms. The molecule has 0 aliphatic carbocycles. The standard InChI is InChI=1S/C13H20BrFOSi/c1-13(2,3)17(4,5)16-9-10-6-11(14)8-12(15)7-10/h6-8H,9H2,1-5H3. The topological polar surface area (TPSA) is 9.23 Å². The predicted octanol–water partition coefficient (Wildman–Crippen LogP) is 5.11. The Balaban J connectivity index is 2.74. The third-order valence-electron chi connectivity index (χ3n) is 3.33. The molecule has 0 amide bonds. The zero-order chi connectivity index (χ0) is 13.3. The van der Waals surface area contributed by atoms with Gasteiger partial charge in [0.25, 0.3) is 0 Å². The molecular weight excluding hydrogens is 299 g/mol. The van der Waals surface area contributed by atoms with E-state index in [1.165, 1.54) is 12.1 Å². The normalized spacial score (nSPS) is 12.9. The largest absolute Gasteiger partial charge is 0.413 e. The second-order valence-electron chi connectivity index (χ2n) is 5.83. The van der Waals surface area contributed by atoms with Crippen molar-refractivity contribution in [2.45, 2.75) is 45.5 Å². The van der Waals surface area contributed by atoms with E-state index in [9.17, 15) is 4.39 Å². The van der Waals surface area contributed by atoms with Gasteiger partial charge >= 0.3 is 0 Å². The maximum absolute atomic E-state index is 13.2. The first kappa shape index (κ1) is 14.9. The average molecular weight is 319 g/mol. The highest BCUT2D eigenvalue weighted by atomic mass is 79.9. The molecule has 0 atom stereocenters. The molecule has 0 radical (unpaired) electrons. The first-order chi connectivity index (χ1) is 7.62. The van der Waals surface area contributed by atoms with E-state index in [-0.39, 0.29) is 10.9 Å². The van der Waals surface area contributed by atoms with Gasteiger partial charge in [-0.15, -0.1) is 0 Å². The van der Waals surface area contributed by atoms with Gasteiger partial charge in [0.2, 0.25) is 0 Å². The van der Waals surface area contributed by atoms with Gasteiger partial charge in [-0.1, -0.05) is 36.7 Å². The van der Waals surface area contributed by atoms with Gasteiger partial charge < -0.3 is 4.43 Å². The highest BCUT2D eigenvalue weighted by Crippen LogP contribution is 2.37. The van der Waals surface area contributed by atoms with E-state index in [4.69, 9.17) is 4.43 Å². The van der Waals surface area contributed by atoms with Crippen LogP contribution in [0.1, 0.15) is 26.3 Å². The van der Waals surface area contributed by atoms with E-state index in [0.717, 1.165) is 10.0 Å². The molecule has 0 saturated heterocycles. The van der Waals surface area contributed by atoms with Gasteiger partial charge in [-0.25, -0.2) is 4.39 Å². The number of rotatable bonds is 3. The molecule has 1 aromatic carbocycles. The molecule has 0 aliphatic rings. The highest BCUT2D eigenvalue weighted by molar-refractivity contribution is 9.10. The smallest absolute Gasteiger partial charge is 0.192 e. The summed E-state index contributed by atoms with van der Waals surface area (Å²) in [5.74, 6) is -0.229. The lowest BCUT2D eigenvalue weighted by atomic mass is 10.2. The lowest BCUT2D eigenvalue weighted by Crippen LogP contribution is -2.40. The highest BCUT2D eigenvalue weighted by Gasteiger charge is 2.36. The molecule has 0 aliphatic heterocycles. The van der Waals surface area contributed by atoms with Crippen molar-refractivity contribution in [3.63, 3.8) is 0 Å². The molecule has 0 unspecified atom stereocenters. The van der Waals surface area contributed by atoms with Crippen molar-refractivity contribution >= 4 is 24.2 Å². The van der Waals surface area contributed by atoms with Crippen LogP contribution in [-0.4, -0.2) is 8.32 Å². The van der Waals surface area contributed by atoms with E-state index < -0.39 is 8.32 Å². The SMILES string of the molecule is CC(C)(C)[Si](C)(C)OCc1cc(F)cc(Br)c1. The van der Waals surface area contributed by atoms with Gasteiger partial charge in [-0.3, -0.25) is 0 Å². The van der Waals surface area contributed by atoms with Crippen LogP contribution in [0.4, 0.5) is 4.39 Å². The quantitative estimate of drug-likeness (QED) is 0.704. The van der Waals surface area contributed by atoms with Crippen LogP contribution in [0, 0.1) is 5.82 Å². The summed E-state index contributed by atoms with van der Waals surface area (Å²) in [7, 11) is -1.76. The second-order valence-corrected chi connectivity index (χ2v) is 11.6. The molecule has 4 heteroatoms. The summed E-state index contributed by atoms with van der Waals surface area (Å²) in [6.07, 6.45) is 0. The van der Waals surface area contributed by atoms with Crippen LogP contribution in [0.2, 0.25) is 18.1 Å². The van der Waals surface area contributed by atoms with Crippen LogP contribution < -0.4 is 0 Å². The Bertz CT molecular complexity index is 379. The van der Waals surface area contributed by atoms with Gasteiger partial charge in [0.15, 0.2) is 8.32 Å². The summed E-state index contributed by atoms with van der Waals surface area (Å²) >= 11 is 3.29. The average Bonchev–Trinajstić information content (AvgIpc) is 2.11. The van der Waals surface area contributed by atoms with Crippen molar-refractivity contribution in [2.75, 3.05) is 0 Å². The van der Waals surface area contributed by atoms with Crippen LogP contribution in [0.25, 0.3) is 0 Å². The van der Waals surface area contributed by atoms with Crippen molar-refractivity contribution in [3.05, 3.63) is 34.1 Å². The molecule has 0 N–H and O–H groups in total. The van der Waals surface area contributed by atoms with E-state index in [0.29, 0.717) is 6.61 Å². The molecule has 0 fully saturated rings. The molecule has 0 spiro atoms. The van der Waals surface area contributed by atoms with Crippen molar-refractivity contribution in [3.8, 4) is 0 Å². The Kier molecular flexibility index (Phi) is 4.55. The number of benzene rings is 1. The Labute approximate surface area is 113 Å². The third kappa shape index (κ3) is 4.19. The number of hydrogen-bond acceptors (Lipinski definition) is 1. The maximum Gasteiger partial charge on any atom is 0.192 e. The Hall–Kier alpha value is -0.193. The fourth-order valence-corrected chi connectivity index (χ4v) is 2.65. The van der Waals surface area contributed by atoms with Gasteiger partial charge in [0.05, 0.1) is 6.61 Å². The third-order valence-corrected chi connectivity index (χ3v) is 8.26. The Morgan fingerprint density at radius 3 is 2.29 bits per heavy atom. The van der Waals surface area contributed by atoms with Crippen LogP contribution in [0.5, 0.6) is 0 Å². The van der Waals surface area contributed by atoms with Crippen LogP contribution in [0.3, 0.4) is 0 Å². The van der Waals surface area contributed by atoms with Crippen LogP contribution >= 0.6 is 15.9 Å². The van der Waals surface area contributed by atoms with Crippen molar-refractivity contribution in [1.29, 1.82) is 0 Å². The summed E-state index contributed by atoms with van der Waals surface area (Å²) < 4.78 is 20.0. The summed E-state index contributed by atoms with van der Waals surface area (Å²) in [5, 5.41) is 0.178. The number of hydrogen-bond donors (Lipinski definition) is 0. The molecular formula is C13H20BrFOSi. The summed E-state index contributed by atoms with van der Waals surface area (Å²) in [6, 6.07) is 4.88. The monoisotopic (exact) mass is 318 g/mol. The van der Waals surface area contributed by atoms with E-state index in [1.54, 1.807) is 0 Å². The number of halogens is 2. The van der Waals surface area contributed by atoms with Crippen LogP contribution in [0.15, 0.2) is 22.7 Å². The molecule has 1 nitrogen and oxygen atoms in total. The molecule has 1 rings (SSSR count). The molecule has 96 valence electrons. The predicted molar refractivity (Wildman–Crippen MR) is 76.1 cm³/mol. The van der Waals surface area contributed by atoms with Crippen molar-refractivity contribution in [1.82, 2.24) is 0 Å². The minimum Gasteiger partial charge on any atom is -0.413 e. The van der Waals surface area contributed by atoms with E-state index in [2.05, 4.69) is 49.8 Å². The Morgan fingerprint density at radius 1 is 1.24 bits per heavy atom. The minimum absolute atomic E-state index is 0.178. The van der Waals surface area contributed by atoms with Gasteiger partial charge in [-0.05, 0) is 41.9 Å². The molecule has 17 heavy (non-hydrogen) atoms. The summed E-state index contributed by atoms with van der Waals surface area (Å²) in [6.45, 7) is 11.5. The van der Waals surface area contributed by atoms with Crippen LogP contribution in [-0.2, 0) is 11.0 Å². The second kappa shape index (κ2) is 5.20. The first-order valence-corrected chi connectivity index (χ1v) is 9.41. The summed E-state index contributed by atoms with van der Waals surface area (Å²) in [5.41, 5.74) is 0.877. The van der Waals surface area contributed by atoms with Crippen molar-refractivity contribution in [2.24, 2.45) is 0 Å².